The summed E-state index contributed by atoms with van der Waals surface area (Å²) >= 11 is 6.50. The van der Waals surface area contributed by atoms with Crippen LogP contribution in [0, 0.1) is 24.0 Å². The van der Waals surface area contributed by atoms with Crippen LogP contribution in [0.2, 0.25) is 5.02 Å². The molecule has 2 aromatic carbocycles. The summed E-state index contributed by atoms with van der Waals surface area (Å²) in [7, 11) is -3.91. The predicted octanol–water partition coefficient (Wildman–Crippen LogP) is 4.80. The van der Waals surface area contributed by atoms with Crippen LogP contribution < -0.4 is 9.62 Å². The van der Waals surface area contributed by atoms with Crippen LogP contribution in [0.4, 0.5) is 20.3 Å². The zero-order valence-electron chi connectivity index (χ0n) is 19.4. The molecule has 1 aliphatic heterocycles. The monoisotopic (exact) mass is 531 g/mol. The minimum Gasteiger partial charge on any atom is -0.350 e. The van der Waals surface area contributed by atoms with Crippen LogP contribution >= 0.6 is 11.6 Å². The van der Waals surface area contributed by atoms with E-state index in [1.807, 2.05) is 11.8 Å². The van der Waals surface area contributed by atoms with Gasteiger partial charge in [-0.3, -0.25) is 10.1 Å². The van der Waals surface area contributed by atoms with Gasteiger partial charge in [-0.1, -0.05) is 35.4 Å². The molecule has 188 valence electrons. The summed E-state index contributed by atoms with van der Waals surface area (Å²) in [6, 6.07) is 12.1. The first-order chi connectivity index (χ1) is 17.1. The van der Waals surface area contributed by atoms with Crippen LogP contribution in [0.5, 0.6) is 0 Å². The smallest absolute Gasteiger partial charge is 0.261 e. The van der Waals surface area contributed by atoms with Crippen LogP contribution in [0.25, 0.3) is 0 Å². The highest BCUT2D eigenvalue weighted by Gasteiger charge is 2.53. The number of benzene rings is 2. The van der Waals surface area contributed by atoms with E-state index in [4.69, 9.17) is 17.0 Å². The topological polar surface area (TPSA) is 89.4 Å². The Morgan fingerprint density at radius 2 is 1.86 bits per heavy atom. The molecule has 1 aliphatic carbocycles. The molecule has 1 spiro atoms. The molecule has 2 N–H and O–H groups in total. The van der Waals surface area contributed by atoms with E-state index in [1.165, 1.54) is 12.1 Å². The Kier molecular flexibility index (Phi) is 6.12. The van der Waals surface area contributed by atoms with E-state index in [-0.39, 0.29) is 32.8 Å². The number of nitrogens with zero attached hydrogens (tertiary/aromatic N) is 3. The van der Waals surface area contributed by atoms with Crippen molar-refractivity contribution in [2.24, 2.45) is 0 Å². The van der Waals surface area contributed by atoms with Gasteiger partial charge in [0.1, 0.15) is 11.7 Å². The van der Waals surface area contributed by atoms with Crippen LogP contribution in [-0.4, -0.2) is 49.3 Å². The molecule has 0 radical (unpaired) electrons. The van der Waals surface area contributed by atoms with Crippen molar-refractivity contribution in [1.82, 2.24) is 9.88 Å². The van der Waals surface area contributed by atoms with Gasteiger partial charge in [0.15, 0.2) is 11.6 Å². The SMILES string of the molecule is Cc1ccc(S(=O)(=O)Nc2cccc(Cl)c2C(=N)N2CCN(c3ncc(F)cc3F)CC23CC3)cc1. The summed E-state index contributed by atoms with van der Waals surface area (Å²) in [4.78, 5) is 7.70. The maximum Gasteiger partial charge on any atom is 0.261 e. The normalized spacial score (nSPS) is 16.8. The maximum absolute atomic E-state index is 14.4. The summed E-state index contributed by atoms with van der Waals surface area (Å²) in [5.41, 5.74) is 0.978. The van der Waals surface area contributed by atoms with E-state index < -0.39 is 27.2 Å². The first-order valence-corrected chi connectivity index (χ1v) is 13.3. The summed E-state index contributed by atoms with van der Waals surface area (Å²) in [5.74, 6) is -1.30. The lowest BCUT2D eigenvalue weighted by Gasteiger charge is -2.44. The van der Waals surface area contributed by atoms with E-state index in [9.17, 15) is 17.2 Å². The number of rotatable bonds is 5. The molecule has 2 aliphatic rings. The lowest BCUT2D eigenvalue weighted by Crippen LogP contribution is -2.57. The Bertz CT molecular complexity index is 1450. The minimum atomic E-state index is -3.91. The molecule has 1 saturated carbocycles. The number of amidine groups is 1. The zero-order chi connectivity index (χ0) is 25.7. The van der Waals surface area contributed by atoms with E-state index in [0.717, 1.165) is 30.7 Å². The predicted molar refractivity (Wildman–Crippen MR) is 135 cm³/mol. The number of halogens is 3. The molecule has 0 bridgehead atoms. The second-order valence-electron chi connectivity index (χ2n) is 9.19. The third-order valence-electron chi connectivity index (χ3n) is 6.66. The van der Waals surface area contributed by atoms with Gasteiger partial charge in [-0.2, -0.15) is 0 Å². The summed E-state index contributed by atoms with van der Waals surface area (Å²) in [6.07, 6.45) is 2.52. The van der Waals surface area contributed by atoms with Crippen LogP contribution in [-0.2, 0) is 10.0 Å². The number of sulfonamides is 1. The lowest BCUT2D eigenvalue weighted by atomic mass is 10.1. The Hall–Kier alpha value is -3.24. The molecule has 36 heavy (non-hydrogen) atoms. The van der Waals surface area contributed by atoms with Gasteiger partial charge in [0, 0.05) is 25.7 Å². The van der Waals surface area contributed by atoms with Gasteiger partial charge in [0.25, 0.3) is 10.0 Å². The number of aryl methyl sites for hydroxylation is 1. The van der Waals surface area contributed by atoms with Gasteiger partial charge in [-0.15, -0.1) is 0 Å². The van der Waals surface area contributed by atoms with E-state index in [0.29, 0.717) is 19.6 Å². The molecule has 0 atom stereocenters. The third kappa shape index (κ3) is 4.51. The van der Waals surface area contributed by atoms with Gasteiger partial charge < -0.3 is 9.80 Å². The molecular weight excluding hydrogens is 508 g/mol. The van der Waals surface area contributed by atoms with Gasteiger partial charge in [0.05, 0.1) is 32.9 Å². The minimum absolute atomic E-state index is 0.0816. The Morgan fingerprint density at radius 1 is 1.14 bits per heavy atom. The number of pyridine rings is 1. The second-order valence-corrected chi connectivity index (χ2v) is 11.3. The lowest BCUT2D eigenvalue weighted by molar-refractivity contribution is 0.257. The fraction of sp³-hybridized carbons (Fsp3) is 0.280. The Labute approximate surface area is 213 Å². The van der Waals surface area contributed by atoms with Crippen molar-refractivity contribution in [1.29, 1.82) is 5.41 Å². The highest BCUT2D eigenvalue weighted by Crippen LogP contribution is 2.46. The summed E-state index contributed by atoms with van der Waals surface area (Å²) < 4.78 is 56.4. The molecule has 7 nitrogen and oxygen atoms in total. The maximum atomic E-state index is 14.4. The fourth-order valence-electron chi connectivity index (χ4n) is 4.63. The van der Waals surface area contributed by atoms with Crippen molar-refractivity contribution in [3.05, 3.63) is 82.5 Å². The molecule has 5 rings (SSSR count). The van der Waals surface area contributed by atoms with E-state index in [2.05, 4.69) is 9.71 Å². The molecule has 2 fully saturated rings. The molecule has 1 saturated heterocycles. The Morgan fingerprint density at radius 3 is 2.53 bits per heavy atom. The van der Waals surface area contributed by atoms with Crippen molar-refractivity contribution in [3.8, 4) is 0 Å². The van der Waals surface area contributed by atoms with Crippen molar-refractivity contribution in [2.75, 3.05) is 29.3 Å². The van der Waals surface area contributed by atoms with E-state index >= 15 is 0 Å². The highest BCUT2D eigenvalue weighted by molar-refractivity contribution is 7.92. The summed E-state index contributed by atoms with van der Waals surface area (Å²) in [5, 5.41) is 9.28. The number of piperazine rings is 1. The standard InChI is InChI=1S/C25H24ClF2N5O2S/c1-16-5-7-18(8-6-16)36(34,35)31-21-4-2-3-19(26)22(21)23(29)33-12-11-32(15-25(33)9-10-25)24-20(28)13-17(27)14-30-24/h2-8,13-14,29,31H,9-12,15H2,1H3. The molecule has 11 heteroatoms. The van der Waals surface area contributed by atoms with Gasteiger partial charge in [0.2, 0.25) is 0 Å². The van der Waals surface area contributed by atoms with Gasteiger partial charge >= 0.3 is 0 Å². The first-order valence-electron chi connectivity index (χ1n) is 11.4. The van der Waals surface area contributed by atoms with Gasteiger partial charge in [-0.05, 0) is 44.0 Å². The number of aromatic nitrogens is 1. The van der Waals surface area contributed by atoms with Crippen molar-refractivity contribution in [3.63, 3.8) is 0 Å². The Balaban J connectivity index is 1.42. The zero-order valence-corrected chi connectivity index (χ0v) is 21.0. The van der Waals surface area contributed by atoms with E-state index in [1.54, 1.807) is 35.2 Å². The van der Waals surface area contributed by atoms with Crippen LogP contribution in [0.15, 0.2) is 59.6 Å². The number of anilines is 2. The van der Waals surface area contributed by atoms with Crippen molar-refractivity contribution < 1.29 is 17.2 Å². The average molecular weight is 532 g/mol. The number of hydrogen-bond donors (Lipinski definition) is 2. The van der Waals surface area contributed by atoms with Crippen LogP contribution in [0.1, 0.15) is 24.0 Å². The first kappa shape index (κ1) is 24.5. The molecule has 0 unspecified atom stereocenters. The summed E-state index contributed by atoms with van der Waals surface area (Å²) in [6.45, 7) is 3.00. The number of nitrogens with one attached hydrogen (secondary N) is 2. The number of hydrogen-bond acceptors (Lipinski definition) is 5. The molecule has 0 amide bonds. The molecule has 2 heterocycles. The van der Waals surface area contributed by atoms with Gasteiger partial charge in [-0.25, -0.2) is 22.2 Å². The largest absolute Gasteiger partial charge is 0.350 e. The fourth-order valence-corrected chi connectivity index (χ4v) is 5.96. The highest BCUT2D eigenvalue weighted by atomic mass is 35.5. The van der Waals surface area contributed by atoms with Crippen molar-refractivity contribution in [2.45, 2.75) is 30.2 Å². The van der Waals surface area contributed by atoms with Crippen molar-refractivity contribution >= 4 is 39.0 Å². The van der Waals surface area contributed by atoms with Crippen LogP contribution in [0.3, 0.4) is 0 Å². The molecule has 1 aromatic heterocycles. The molecule has 3 aromatic rings. The second kappa shape index (κ2) is 9.01. The quantitative estimate of drug-likeness (QED) is 0.364. The molecular formula is C25H24ClF2N5O2S. The average Bonchev–Trinajstić information content (AvgIpc) is 3.58. The third-order valence-corrected chi connectivity index (χ3v) is 8.36.